The molecule has 0 spiro atoms. The van der Waals surface area contributed by atoms with Crippen molar-refractivity contribution >= 4 is 12.4 Å². The fourth-order valence-corrected chi connectivity index (χ4v) is 2.05. The van der Waals surface area contributed by atoms with E-state index in [1.165, 1.54) is 57.8 Å². The van der Waals surface area contributed by atoms with Crippen molar-refractivity contribution in [2.75, 3.05) is 0 Å². The Morgan fingerprint density at radius 1 is 0.833 bits per heavy atom. The summed E-state index contributed by atoms with van der Waals surface area (Å²) < 4.78 is 4.21. The fourth-order valence-electron chi connectivity index (χ4n) is 2.05. The van der Waals surface area contributed by atoms with E-state index in [9.17, 15) is 9.59 Å². The van der Waals surface area contributed by atoms with Gasteiger partial charge in [-0.3, -0.25) is 9.59 Å². The number of rotatable bonds is 13. The number of ether oxygens (including phenoxy) is 1. The first kappa shape index (κ1) is 17.1. The lowest BCUT2D eigenvalue weighted by Crippen LogP contribution is -2.01. The van der Waals surface area contributed by atoms with Crippen molar-refractivity contribution in [3.05, 3.63) is 0 Å². The molecule has 3 heteroatoms. The van der Waals surface area contributed by atoms with Gasteiger partial charge in [-0.1, -0.05) is 71.1 Å². The first-order valence-electron chi connectivity index (χ1n) is 7.44. The number of carbonyl (C=O) groups excluding carboxylic acids is 2. The van der Waals surface area contributed by atoms with Crippen LogP contribution in [0.1, 0.15) is 84.0 Å². The molecule has 0 aromatic heterocycles. The molecule has 0 bridgehead atoms. The summed E-state index contributed by atoms with van der Waals surface area (Å²) in [7, 11) is 0. The number of hydrogen-bond donors (Lipinski definition) is 0. The van der Waals surface area contributed by atoms with Gasteiger partial charge in [0.15, 0.2) is 0 Å². The largest absolute Gasteiger partial charge is 0.395 e. The zero-order valence-corrected chi connectivity index (χ0v) is 11.8. The van der Waals surface area contributed by atoms with E-state index in [-0.39, 0.29) is 6.47 Å². The Labute approximate surface area is 111 Å². The van der Waals surface area contributed by atoms with Crippen molar-refractivity contribution < 1.29 is 14.3 Å². The molecular weight excluding hydrogens is 228 g/mol. The standard InChI is InChI=1S/C15H28O3/c1-2-3-4-5-6-7-8-9-10-11-12-13-15(17)18-14-16/h14H,2-13H2,1H3. The van der Waals surface area contributed by atoms with Crippen LogP contribution in [0.4, 0.5) is 0 Å². The van der Waals surface area contributed by atoms with Crippen LogP contribution < -0.4 is 0 Å². The summed E-state index contributed by atoms with van der Waals surface area (Å²) in [5, 5.41) is 0. The van der Waals surface area contributed by atoms with Gasteiger partial charge in [-0.2, -0.15) is 0 Å². The highest BCUT2D eigenvalue weighted by Gasteiger charge is 2.00. The Bertz CT molecular complexity index is 202. The average Bonchev–Trinajstić information content (AvgIpc) is 2.36. The van der Waals surface area contributed by atoms with Gasteiger partial charge in [0.25, 0.3) is 0 Å². The number of carbonyl (C=O) groups is 2. The molecule has 0 N–H and O–H groups in total. The molecule has 0 saturated carbocycles. The normalized spacial score (nSPS) is 10.3. The zero-order chi connectivity index (χ0) is 13.5. The van der Waals surface area contributed by atoms with E-state index in [4.69, 9.17) is 0 Å². The molecule has 106 valence electrons. The van der Waals surface area contributed by atoms with Crippen LogP contribution in [0.25, 0.3) is 0 Å². The van der Waals surface area contributed by atoms with E-state index in [0.29, 0.717) is 6.42 Å². The van der Waals surface area contributed by atoms with E-state index in [1.54, 1.807) is 0 Å². The van der Waals surface area contributed by atoms with Gasteiger partial charge in [-0.05, 0) is 6.42 Å². The zero-order valence-electron chi connectivity index (χ0n) is 11.8. The summed E-state index contributed by atoms with van der Waals surface area (Å²) >= 11 is 0. The van der Waals surface area contributed by atoms with Gasteiger partial charge in [-0.15, -0.1) is 0 Å². The second-order valence-corrected chi connectivity index (χ2v) is 4.87. The smallest absolute Gasteiger partial charge is 0.313 e. The first-order chi connectivity index (χ1) is 8.81. The van der Waals surface area contributed by atoms with Gasteiger partial charge in [0.1, 0.15) is 0 Å². The van der Waals surface area contributed by atoms with Crippen molar-refractivity contribution in [1.82, 2.24) is 0 Å². The molecule has 0 rings (SSSR count). The molecule has 0 aliphatic heterocycles. The lowest BCUT2D eigenvalue weighted by Gasteiger charge is -2.02. The number of hydrogen-bond acceptors (Lipinski definition) is 3. The van der Waals surface area contributed by atoms with E-state index in [0.717, 1.165) is 12.8 Å². The third kappa shape index (κ3) is 13.2. The predicted octanol–water partition coefficient (Wildman–Crippen LogP) is 4.39. The maximum Gasteiger partial charge on any atom is 0.313 e. The second kappa shape index (κ2) is 14.2. The molecule has 18 heavy (non-hydrogen) atoms. The molecular formula is C15H28O3. The number of unbranched alkanes of at least 4 members (excludes halogenated alkanes) is 10. The van der Waals surface area contributed by atoms with Crippen LogP contribution in [0.2, 0.25) is 0 Å². The van der Waals surface area contributed by atoms with Crippen molar-refractivity contribution in [3.8, 4) is 0 Å². The monoisotopic (exact) mass is 256 g/mol. The summed E-state index contributed by atoms with van der Waals surface area (Å²) in [5.41, 5.74) is 0. The quantitative estimate of drug-likeness (QED) is 0.212. The van der Waals surface area contributed by atoms with Crippen molar-refractivity contribution in [2.24, 2.45) is 0 Å². The fraction of sp³-hybridized carbons (Fsp3) is 0.867. The Kier molecular flexibility index (Phi) is 13.5. The van der Waals surface area contributed by atoms with Crippen molar-refractivity contribution in [3.63, 3.8) is 0 Å². The van der Waals surface area contributed by atoms with Gasteiger partial charge in [0.2, 0.25) is 0 Å². The molecule has 0 aliphatic carbocycles. The van der Waals surface area contributed by atoms with E-state index < -0.39 is 5.97 Å². The molecule has 0 radical (unpaired) electrons. The summed E-state index contributed by atoms with van der Waals surface area (Å²) in [6, 6.07) is 0. The summed E-state index contributed by atoms with van der Waals surface area (Å²) in [6.07, 6.45) is 14.2. The van der Waals surface area contributed by atoms with Crippen molar-refractivity contribution in [2.45, 2.75) is 84.0 Å². The summed E-state index contributed by atoms with van der Waals surface area (Å²) in [6.45, 7) is 2.45. The molecule has 0 aromatic carbocycles. The van der Waals surface area contributed by atoms with Crippen LogP contribution in [0.15, 0.2) is 0 Å². The maximum absolute atomic E-state index is 10.8. The molecule has 3 nitrogen and oxygen atoms in total. The van der Waals surface area contributed by atoms with Gasteiger partial charge >= 0.3 is 12.4 Å². The molecule has 0 aromatic rings. The molecule has 0 unspecified atom stereocenters. The van der Waals surface area contributed by atoms with E-state index >= 15 is 0 Å². The Morgan fingerprint density at radius 3 is 1.72 bits per heavy atom. The van der Waals surface area contributed by atoms with Crippen LogP contribution in [0.5, 0.6) is 0 Å². The van der Waals surface area contributed by atoms with Gasteiger partial charge in [-0.25, -0.2) is 0 Å². The topological polar surface area (TPSA) is 43.4 Å². The highest BCUT2D eigenvalue weighted by molar-refractivity contribution is 5.76. The lowest BCUT2D eigenvalue weighted by molar-refractivity contribution is -0.151. The first-order valence-corrected chi connectivity index (χ1v) is 7.44. The summed E-state index contributed by atoms with van der Waals surface area (Å²) in [5.74, 6) is -0.402. The van der Waals surface area contributed by atoms with E-state index in [1.807, 2.05) is 0 Å². The minimum absolute atomic E-state index is 0.209. The van der Waals surface area contributed by atoms with Crippen LogP contribution in [-0.2, 0) is 14.3 Å². The Hall–Kier alpha value is -0.860. The molecule has 0 atom stereocenters. The SMILES string of the molecule is CCCCCCCCCCCCCC(=O)OC=O. The van der Waals surface area contributed by atoms with Gasteiger partial charge in [0.05, 0.1) is 0 Å². The summed E-state index contributed by atoms with van der Waals surface area (Å²) in [4.78, 5) is 20.7. The predicted molar refractivity (Wildman–Crippen MR) is 73.2 cm³/mol. The van der Waals surface area contributed by atoms with Crippen LogP contribution in [0.3, 0.4) is 0 Å². The Morgan fingerprint density at radius 2 is 1.28 bits per heavy atom. The third-order valence-electron chi connectivity index (χ3n) is 3.16. The highest BCUT2D eigenvalue weighted by atomic mass is 16.6. The van der Waals surface area contributed by atoms with Crippen LogP contribution >= 0.6 is 0 Å². The number of esters is 1. The lowest BCUT2D eigenvalue weighted by atomic mass is 10.1. The maximum atomic E-state index is 10.8. The molecule has 0 amide bonds. The van der Waals surface area contributed by atoms with Gasteiger partial charge < -0.3 is 4.74 Å². The van der Waals surface area contributed by atoms with Crippen molar-refractivity contribution in [1.29, 1.82) is 0 Å². The minimum Gasteiger partial charge on any atom is -0.395 e. The molecule has 0 saturated heterocycles. The molecule has 0 fully saturated rings. The minimum atomic E-state index is -0.402. The third-order valence-corrected chi connectivity index (χ3v) is 3.16. The highest BCUT2D eigenvalue weighted by Crippen LogP contribution is 2.11. The molecule has 0 heterocycles. The van der Waals surface area contributed by atoms with Gasteiger partial charge in [0, 0.05) is 6.42 Å². The van der Waals surface area contributed by atoms with E-state index in [2.05, 4.69) is 11.7 Å². The average molecular weight is 256 g/mol. The van der Waals surface area contributed by atoms with Crippen LogP contribution in [-0.4, -0.2) is 12.4 Å². The van der Waals surface area contributed by atoms with Crippen LogP contribution in [0, 0.1) is 0 Å². The molecule has 0 aliphatic rings. The Balaban J connectivity index is 3.03. The second-order valence-electron chi connectivity index (χ2n) is 4.87.